The maximum atomic E-state index is 10.6. The zero-order valence-corrected chi connectivity index (χ0v) is 12.7. The van der Waals surface area contributed by atoms with Gasteiger partial charge in [-0.25, -0.2) is 0 Å². The molecule has 21 heavy (non-hydrogen) atoms. The molecule has 1 atom stereocenters. The Morgan fingerprint density at radius 3 is 2.52 bits per heavy atom. The van der Waals surface area contributed by atoms with Crippen molar-refractivity contribution in [3.8, 4) is 11.5 Å². The Morgan fingerprint density at radius 1 is 1.29 bits per heavy atom. The predicted molar refractivity (Wildman–Crippen MR) is 79.8 cm³/mol. The second-order valence-corrected chi connectivity index (χ2v) is 5.54. The van der Waals surface area contributed by atoms with Crippen LogP contribution in [0.1, 0.15) is 24.8 Å². The van der Waals surface area contributed by atoms with Gasteiger partial charge in [0.1, 0.15) is 11.5 Å². The number of hydrogen-bond donors (Lipinski definition) is 1. The number of ether oxygens (including phenoxy) is 2. The maximum Gasteiger partial charge on any atom is 0.303 e. The molecule has 0 aromatic heterocycles. The molecule has 0 spiro atoms. The van der Waals surface area contributed by atoms with Gasteiger partial charge < -0.3 is 14.6 Å². The molecule has 1 aromatic rings. The average molecular weight is 293 g/mol. The highest BCUT2D eigenvalue weighted by atomic mass is 16.5. The van der Waals surface area contributed by atoms with Crippen LogP contribution in [0.5, 0.6) is 11.5 Å². The normalized spacial score (nSPS) is 18.7. The highest BCUT2D eigenvalue weighted by Gasteiger charge is 2.23. The molecule has 5 nitrogen and oxygen atoms in total. The van der Waals surface area contributed by atoms with Crippen LogP contribution in [0.3, 0.4) is 0 Å². The fourth-order valence-electron chi connectivity index (χ4n) is 2.84. The summed E-state index contributed by atoms with van der Waals surface area (Å²) in [6, 6.07) is 5.91. The molecule has 1 aliphatic rings. The number of aliphatic carboxylic acids is 1. The van der Waals surface area contributed by atoms with Crippen molar-refractivity contribution in [2.75, 3.05) is 27.3 Å². The van der Waals surface area contributed by atoms with Crippen molar-refractivity contribution >= 4 is 5.97 Å². The van der Waals surface area contributed by atoms with Gasteiger partial charge in [-0.3, -0.25) is 9.69 Å². The Morgan fingerprint density at radius 2 is 1.95 bits per heavy atom. The van der Waals surface area contributed by atoms with Crippen LogP contribution in [0, 0.1) is 5.92 Å². The van der Waals surface area contributed by atoms with E-state index in [-0.39, 0.29) is 6.42 Å². The summed E-state index contributed by atoms with van der Waals surface area (Å²) in [5.41, 5.74) is 1.16. The third-order valence-electron chi connectivity index (χ3n) is 3.95. The highest BCUT2D eigenvalue weighted by molar-refractivity contribution is 5.66. The van der Waals surface area contributed by atoms with Gasteiger partial charge in [-0.15, -0.1) is 0 Å². The summed E-state index contributed by atoms with van der Waals surface area (Å²) in [6.07, 6.45) is 2.12. The maximum absolute atomic E-state index is 10.6. The lowest BCUT2D eigenvalue weighted by atomic mass is 10.0. The smallest absolute Gasteiger partial charge is 0.303 e. The molecule has 1 N–H and O–H groups in total. The van der Waals surface area contributed by atoms with Crippen molar-refractivity contribution in [1.29, 1.82) is 0 Å². The summed E-state index contributed by atoms with van der Waals surface area (Å²) in [6.45, 7) is 2.83. The quantitative estimate of drug-likeness (QED) is 0.836. The number of benzene rings is 1. The van der Waals surface area contributed by atoms with Crippen LogP contribution >= 0.6 is 0 Å². The van der Waals surface area contributed by atoms with E-state index in [1.807, 2.05) is 18.2 Å². The van der Waals surface area contributed by atoms with E-state index in [0.717, 1.165) is 49.5 Å². The number of carboxylic acid groups (broad SMARTS) is 1. The van der Waals surface area contributed by atoms with Crippen LogP contribution in [0.25, 0.3) is 0 Å². The molecular weight excluding hydrogens is 270 g/mol. The van der Waals surface area contributed by atoms with Crippen LogP contribution in [0.2, 0.25) is 0 Å². The van der Waals surface area contributed by atoms with E-state index in [1.165, 1.54) is 0 Å². The van der Waals surface area contributed by atoms with Crippen molar-refractivity contribution in [1.82, 2.24) is 4.90 Å². The van der Waals surface area contributed by atoms with Crippen LogP contribution < -0.4 is 9.47 Å². The van der Waals surface area contributed by atoms with E-state index in [0.29, 0.717) is 5.92 Å². The molecule has 1 aromatic carbocycles. The van der Waals surface area contributed by atoms with Crippen molar-refractivity contribution in [2.45, 2.75) is 25.8 Å². The fourth-order valence-corrected chi connectivity index (χ4v) is 2.84. The minimum atomic E-state index is -0.703. The summed E-state index contributed by atoms with van der Waals surface area (Å²) < 4.78 is 10.6. The first-order valence-electron chi connectivity index (χ1n) is 7.27. The van der Waals surface area contributed by atoms with Gasteiger partial charge in [0.05, 0.1) is 14.2 Å². The summed E-state index contributed by atoms with van der Waals surface area (Å²) in [4.78, 5) is 13.0. The summed E-state index contributed by atoms with van der Waals surface area (Å²) in [7, 11) is 3.30. The minimum Gasteiger partial charge on any atom is -0.497 e. The fraction of sp³-hybridized carbons (Fsp3) is 0.562. The molecule has 1 unspecified atom stereocenters. The van der Waals surface area contributed by atoms with Gasteiger partial charge in [0.25, 0.3) is 0 Å². The Labute approximate surface area is 125 Å². The lowest BCUT2D eigenvalue weighted by Gasteiger charge is -2.17. The van der Waals surface area contributed by atoms with E-state index in [2.05, 4.69) is 4.90 Å². The molecule has 2 rings (SSSR count). The second kappa shape index (κ2) is 7.31. The predicted octanol–water partition coefficient (Wildman–Crippen LogP) is 2.39. The minimum absolute atomic E-state index is 0.269. The zero-order valence-electron chi connectivity index (χ0n) is 12.7. The molecule has 5 heteroatoms. The largest absolute Gasteiger partial charge is 0.497 e. The first-order chi connectivity index (χ1) is 10.1. The summed E-state index contributed by atoms with van der Waals surface area (Å²) in [5, 5.41) is 8.75. The number of hydrogen-bond acceptors (Lipinski definition) is 4. The topological polar surface area (TPSA) is 59.0 Å². The molecule has 1 saturated heterocycles. The molecule has 0 saturated carbocycles. The number of methoxy groups -OCH3 is 2. The third-order valence-corrected chi connectivity index (χ3v) is 3.95. The van der Waals surface area contributed by atoms with Gasteiger partial charge in [0.2, 0.25) is 0 Å². The van der Waals surface area contributed by atoms with Crippen molar-refractivity contribution in [3.63, 3.8) is 0 Å². The number of carboxylic acids is 1. The number of nitrogens with zero attached hydrogens (tertiary/aromatic N) is 1. The van der Waals surface area contributed by atoms with Gasteiger partial charge in [0.15, 0.2) is 0 Å². The van der Waals surface area contributed by atoms with E-state index in [1.54, 1.807) is 14.2 Å². The Balaban J connectivity index is 1.92. The standard InChI is InChI=1S/C16H23NO4/c1-20-14-7-13(8-15(9-14)21-2)11-17-6-5-12(10-17)3-4-16(18)19/h7-9,12H,3-6,10-11H2,1-2H3,(H,18,19). The van der Waals surface area contributed by atoms with E-state index in [4.69, 9.17) is 14.6 Å². The van der Waals surface area contributed by atoms with E-state index in [9.17, 15) is 4.79 Å². The van der Waals surface area contributed by atoms with E-state index < -0.39 is 5.97 Å². The first-order valence-corrected chi connectivity index (χ1v) is 7.27. The number of carbonyl (C=O) groups is 1. The molecule has 1 fully saturated rings. The molecule has 0 radical (unpaired) electrons. The molecule has 0 aliphatic carbocycles. The van der Waals surface area contributed by atoms with Crippen LogP contribution in [0.15, 0.2) is 18.2 Å². The van der Waals surface area contributed by atoms with Crippen LogP contribution in [0.4, 0.5) is 0 Å². The van der Waals surface area contributed by atoms with Gasteiger partial charge >= 0.3 is 5.97 Å². The van der Waals surface area contributed by atoms with Gasteiger partial charge in [0, 0.05) is 25.6 Å². The monoisotopic (exact) mass is 293 g/mol. The van der Waals surface area contributed by atoms with Gasteiger partial charge in [-0.2, -0.15) is 0 Å². The lowest BCUT2D eigenvalue weighted by molar-refractivity contribution is -0.137. The van der Waals surface area contributed by atoms with Gasteiger partial charge in [-0.05, 0) is 43.0 Å². The Kier molecular flexibility index (Phi) is 5.44. The number of rotatable bonds is 7. The first kappa shape index (κ1) is 15.6. The molecule has 1 aliphatic heterocycles. The van der Waals surface area contributed by atoms with Crippen LogP contribution in [-0.2, 0) is 11.3 Å². The third kappa shape index (κ3) is 4.63. The van der Waals surface area contributed by atoms with Crippen molar-refractivity contribution < 1.29 is 19.4 Å². The molecular formula is C16H23NO4. The second-order valence-electron chi connectivity index (χ2n) is 5.54. The van der Waals surface area contributed by atoms with Crippen molar-refractivity contribution in [3.05, 3.63) is 23.8 Å². The van der Waals surface area contributed by atoms with Gasteiger partial charge in [-0.1, -0.05) is 0 Å². The Bertz CT molecular complexity index is 467. The summed E-state index contributed by atoms with van der Waals surface area (Å²) in [5.74, 6) is 1.39. The van der Waals surface area contributed by atoms with Crippen molar-refractivity contribution in [2.24, 2.45) is 5.92 Å². The van der Waals surface area contributed by atoms with E-state index >= 15 is 0 Å². The molecule has 1 heterocycles. The molecule has 0 amide bonds. The average Bonchev–Trinajstić information content (AvgIpc) is 2.92. The van der Waals surface area contributed by atoms with Crippen LogP contribution in [-0.4, -0.2) is 43.3 Å². The molecule has 0 bridgehead atoms. The summed E-state index contributed by atoms with van der Waals surface area (Å²) >= 11 is 0. The molecule has 116 valence electrons. The zero-order chi connectivity index (χ0) is 15.2. The number of likely N-dealkylation sites (tertiary alicyclic amines) is 1. The lowest BCUT2D eigenvalue weighted by Crippen LogP contribution is -2.20. The Hall–Kier alpha value is -1.75. The highest BCUT2D eigenvalue weighted by Crippen LogP contribution is 2.26. The SMILES string of the molecule is COc1cc(CN2CCC(CCC(=O)O)C2)cc(OC)c1.